The van der Waals surface area contributed by atoms with E-state index in [0.717, 1.165) is 13.1 Å². The largest absolute Gasteiger partial charge is 0.271 e. The predicted octanol–water partition coefficient (Wildman–Crippen LogP) is -2.53. The van der Waals surface area contributed by atoms with Crippen LogP contribution in [0.2, 0.25) is 0 Å². The van der Waals surface area contributed by atoms with Crippen LogP contribution in [-0.2, 0) is 0 Å². The SMILES string of the molecule is CC(C)NNNCCNNCS(N)(N)N. The molecule has 0 aliphatic carbocycles. The van der Waals surface area contributed by atoms with E-state index < -0.39 is 10.6 Å². The summed E-state index contributed by atoms with van der Waals surface area (Å²) >= 11 is 0. The molecule has 0 heterocycles. The van der Waals surface area contributed by atoms with Crippen molar-refractivity contribution >= 4 is 10.6 Å². The third-order valence-corrected chi connectivity index (χ3v) is 1.92. The van der Waals surface area contributed by atoms with E-state index in [1.165, 1.54) is 0 Å². The summed E-state index contributed by atoms with van der Waals surface area (Å²) < 4.78 is 0. The minimum Gasteiger partial charge on any atom is -0.271 e. The van der Waals surface area contributed by atoms with Gasteiger partial charge in [0, 0.05) is 19.1 Å². The Morgan fingerprint density at radius 2 is 1.60 bits per heavy atom. The second-order valence-electron chi connectivity index (χ2n) is 3.51. The van der Waals surface area contributed by atoms with Gasteiger partial charge in [0.1, 0.15) is 0 Å². The van der Waals surface area contributed by atoms with Gasteiger partial charge < -0.3 is 0 Å². The molecule has 0 spiro atoms. The van der Waals surface area contributed by atoms with Crippen LogP contribution in [0.5, 0.6) is 0 Å². The van der Waals surface area contributed by atoms with Crippen molar-refractivity contribution in [2.24, 2.45) is 15.4 Å². The van der Waals surface area contributed by atoms with Crippen LogP contribution < -0.4 is 42.7 Å². The van der Waals surface area contributed by atoms with Crippen molar-refractivity contribution in [2.45, 2.75) is 19.9 Å². The first-order valence-corrected chi connectivity index (χ1v) is 6.74. The van der Waals surface area contributed by atoms with Crippen LogP contribution in [0, 0.1) is 0 Å². The van der Waals surface area contributed by atoms with Gasteiger partial charge in [-0.1, -0.05) is 10.6 Å². The van der Waals surface area contributed by atoms with Gasteiger partial charge in [-0.05, 0) is 13.8 Å². The molecule has 0 radical (unpaired) electrons. The van der Waals surface area contributed by atoms with Crippen LogP contribution >= 0.6 is 10.6 Å². The maximum absolute atomic E-state index is 5.43. The summed E-state index contributed by atoms with van der Waals surface area (Å²) in [6.07, 6.45) is 0. The average Bonchev–Trinajstić information content (AvgIpc) is 2.07. The van der Waals surface area contributed by atoms with Crippen molar-refractivity contribution in [1.29, 1.82) is 0 Å². The summed E-state index contributed by atoms with van der Waals surface area (Å²) in [6.45, 7) is 5.55. The van der Waals surface area contributed by atoms with Gasteiger partial charge in [-0.2, -0.15) is 5.53 Å². The zero-order chi connectivity index (χ0) is 11.7. The second-order valence-corrected chi connectivity index (χ2v) is 5.61. The van der Waals surface area contributed by atoms with Gasteiger partial charge in [0.05, 0.1) is 5.88 Å². The number of rotatable bonds is 9. The van der Waals surface area contributed by atoms with Gasteiger partial charge in [-0.3, -0.25) is 20.8 Å². The molecule has 0 bridgehead atoms. The molecular weight excluding hydrogens is 216 g/mol. The molecule has 11 N–H and O–H groups in total. The summed E-state index contributed by atoms with van der Waals surface area (Å²) in [7, 11) is -1.95. The minimum atomic E-state index is -1.95. The highest BCUT2D eigenvalue weighted by molar-refractivity contribution is 8.28. The molecule has 0 aliphatic heterocycles. The zero-order valence-electron chi connectivity index (χ0n) is 9.34. The molecule has 0 aromatic carbocycles. The summed E-state index contributed by atoms with van der Waals surface area (Å²) in [6, 6.07) is 0.388. The van der Waals surface area contributed by atoms with Crippen molar-refractivity contribution < 1.29 is 0 Å². The molecule has 0 unspecified atom stereocenters. The van der Waals surface area contributed by atoms with Crippen LogP contribution in [0.15, 0.2) is 0 Å². The van der Waals surface area contributed by atoms with E-state index in [9.17, 15) is 0 Å². The molecule has 0 aliphatic rings. The molecule has 0 saturated carbocycles. The fraction of sp³-hybridized carbons (Fsp3) is 1.00. The molecule has 9 heteroatoms. The number of hydrogen-bond donors (Lipinski definition) is 8. The summed E-state index contributed by atoms with van der Waals surface area (Å²) in [4.78, 5) is 0. The van der Waals surface area contributed by atoms with Gasteiger partial charge in [0.15, 0.2) is 0 Å². The second kappa shape index (κ2) is 8.21. The first-order valence-electron chi connectivity index (χ1n) is 4.75. The molecule has 8 nitrogen and oxygen atoms in total. The van der Waals surface area contributed by atoms with Crippen LogP contribution in [0.25, 0.3) is 0 Å². The first kappa shape index (κ1) is 15.0. The van der Waals surface area contributed by atoms with E-state index in [0.29, 0.717) is 11.9 Å². The molecule has 94 valence electrons. The highest BCUT2D eigenvalue weighted by Gasteiger charge is 2.02. The van der Waals surface area contributed by atoms with E-state index >= 15 is 0 Å². The third kappa shape index (κ3) is 14.0. The Labute approximate surface area is 92.7 Å². The number of hydrazine groups is 3. The Morgan fingerprint density at radius 3 is 2.13 bits per heavy atom. The molecule has 15 heavy (non-hydrogen) atoms. The Hall–Kier alpha value is 0.0300. The van der Waals surface area contributed by atoms with E-state index in [1.807, 2.05) is 13.8 Å². The first-order chi connectivity index (χ1) is 6.92. The highest BCUT2D eigenvalue weighted by Crippen LogP contribution is 2.13. The maximum Gasteiger partial charge on any atom is 0.0758 e. The zero-order valence-corrected chi connectivity index (χ0v) is 10.2. The van der Waals surface area contributed by atoms with Gasteiger partial charge in [0.25, 0.3) is 0 Å². The molecule has 0 rings (SSSR count). The highest BCUT2D eigenvalue weighted by atomic mass is 32.3. The third-order valence-electron chi connectivity index (χ3n) is 1.27. The Kier molecular flexibility index (Phi) is 8.23. The normalized spacial score (nSPS) is 13.5. The van der Waals surface area contributed by atoms with E-state index in [-0.39, 0.29) is 0 Å². The van der Waals surface area contributed by atoms with Crippen molar-refractivity contribution in [3.63, 3.8) is 0 Å². The number of nitrogens with two attached hydrogens (primary N) is 3. The lowest BCUT2D eigenvalue weighted by molar-refractivity contribution is 0.389. The lowest BCUT2D eigenvalue weighted by atomic mass is 10.4. The van der Waals surface area contributed by atoms with Crippen molar-refractivity contribution in [3.05, 3.63) is 0 Å². The average molecular weight is 240 g/mol. The lowest BCUT2D eigenvalue weighted by Gasteiger charge is -2.24. The quantitative estimate of drug-likeness (QED) is 0.163. The maximum atomic E-state index is 5.43. The van der Waals surface area contributed by atoms with Crippen molar-refractivity contribution in [1.82, 2.24) is 27.2 Å². The van der Waals surface area contributed by atoms with Gasteiger partial charge in [-0.15, -0.1) is 0 Å². The van der Waals surface area contributed by atoms with Crippen LogP contribution in [0.4, 0.5) is 0 Å². The topological polar surface area (TPSA) is 138 Å². The fourth-order valence-corrected chi connectivity index (χ4v) is 0.999. The van der Waals surface area contributed by atoms with Crippen molar-refractivity contribution in [2.75, 3.05) is 19.0 Å². The summed E-state index contributed by atoms with van der Waals surface area (Å²) in [5.41, 5.74) is 14.6. The molecule has 0 aromatic heterocycles. The lowest BCUT2D eigenvalue weighted by Crippen LogP contribution is -2.50. The molecule has 0 saturated heterocycles. The molecule has 0 atom stereocenters. The van der Waals surface area contributed by atoms with Crippen molar-refractivity contribution in [3.8, 4) is 0 Å². The molecule has 0 fully saturated rings. The van der Waals surface area contributed by atoms with Gasteiger partial charge >= 0.3 is 0 Å². The fourth-order valence-electron chi connectivity index (χ4n) is 0.647. The minimum absolute atomic E-state index is 0.380. The van der Waals surface area contributed by atoms with Gasteiger partial charge in [0.2, 0.25) is 0 Å². The van der Waals surface area contributed by atoms with Crippen LogP contribution in [0.1, 0.15) is 13.8 Å². The monoisotopic (exact) mass is 240 g/mol. The number of hydrogen-bond acceptors (Lipinski definition) is 8. The predicted molar refractivity (Wildman–Crippen MR) is 65.6 cm³/mol. The smallest absolute Gasteiger partial charge is 0.0758 e. The Bertz CT molecular complexity index is 147. The number of nitrogens with one attached hydrogen (secondary N) is 5. The summed E-state index contributed by atoms with van der Waals surface area (Å²) in [5.74, 6) is 0.380. The molecular formula is C6H24N8S. The Balaban J connectivity index is 3.06. The van der Waals surface area contributed by atoms with E-state index in [4.69, 9.17) is 15.4 Å². The van der Waals surface area contributed by atoms with Crippen LogP contribution in [-0.4, -0.2) is 25.0 Å². The van der Waals surface area contributed by atoms with E-state index in [1.54, 1.807) is 0 Å². The molecule has 0 amide bonds. The van der Waals surface area contributed by atoms with E-state index in [2.05, 4.69) is 27.2 Å². The van der Waals surface area contributed by atoms with Crippen LogP contribution in [0.3, 0.4) is 0 Å². The van der Waals surface area contributed by atoms with Gasteiger partial charge in [-0.25, -0.2) is 16.3 Å². The summed E-state index contributed by atoms with van der Waals surface area (Å²) in [5, 5.41) is 16.3. The Morgan fingerprint density at radius 1 is 1.00 bits per heavy atom. The standard InChI is InChI=1S/C6H24N8S/c1-6(2)13-14-11-4-3-10-12-5-15(7,8)9/h6,10-14H,3-5,7-9H2,1-2H3. The molecule has 0 aromatic rings.